The van der Waals surface area contributed by atoms with E-state index in [-0.39, 0.29) is 31.7 Å². The van der Waals surface area contributed by atoms with E-state index in [0.717, 1.165) is 6.29 Å². The average Bonchev–Trinajstić information content (AvgIpc) is 3.23. The fraction of sp³-hybridized carbons (Fsp3) is 0.851. The Labute approximate surface area is 384 Å². The predicted octanol–water partition coefficient (Wildman–Crippen LogP) is 2.22. The second-order valence-corrected chi connectivity index (χ2v) is 19.3. The monoisotopic (exact) mass is 930 g/mol. The lowest BCUT2D eigenvalue weighted by Crippen LogP contribution is -2.65. The first-order valence-corrected chi connectivity index (χ1v) is 23.1. The van der Waals surface area contributed by atoms with E-state index in [1.807, 2.05) is 19.9 Å². The lowest BCUT2D eigenvalue weighted by atomic mass is 9.79. The molecule has 4 aliphatic heterocycles. The molecule has 0 spiro atoms. The number of carbonyl (C=O) groups excluding carboxylic acids is 3. The maximum atomic E-state index is 13.8. The summed E-state index contributed by atoms with van der Waals surface area (Å²) in [6, 6.07) is -0.751. The number of cyclic esters (lactones) is 1. The van der Waals surface area contributed by atoms with Crippen LogP contribution >= 0.6 is 0 Å². The maximum Gasteiger partial charge on any atom is 0.308 e. The number of rotatable bonds is 13. The summed E-state index contributed by atoms with van der Waals surface area (Å²) in [4.78, 5) is 41.7. The van der Waals surface area contributed by atoms with Crippen LogP contribution in [0.3, 0.4) is 0 Å². The average molecular weight is 930 g/mol. The highest BCUT2D eigenvalue weighted by atomic mass is 16.7. The molecular weight excluding hydrogens is 851 g/mol. The molecule has 374 valence electrons. The lowest BCUT2D eigenvalue weighted by molar-refractivity contribution is -0.359. The van der Waals surface area contributed by atoms with Crippen LogP contribution in [0.2, 0.25) is 0 Å². The third kappa shape index (κ3) is 13.5. The first-order valence-electron chi connectivity index (χ1n) is 23.1. The lowest BCUT2D eigenvalue weighted by Gasteiger charge is -2.50. The molecule has 3 fully saturated rings. The summed E-state index contributed by atoms with van der Waals surface area (Å²) in [5, 5.41) is 56.0. The van der Waals surface area contributed by atoms with Gasteiger partial charge in [-0.15, -0.1) is 0 Å². The van der Waals surface area contributed by atoms with Crippen molar-refractivity contribution in [2.45, 2.75) is 198 Å². The summed E-state index contributed by atoms with van der Waals surface area (Å²) in [5.41, 5.74) is -0.812. The number of carbonyl (C=O) groups is 3. The molecule has 21 atom stereocenters. The first-order chi connectivity index (χ1) is 30.4. The second kappa shape index (κ2) is 23.8. The summed E-state index contributed by atoms with van der Waals surface area (Å²) in [6.45, 7) is 15.3. The zero-order valence-corrected chi connectivity index (χ0v) is 40.6. The van der Waals surface area contributed by atoms with E-state index < -0.39 is 139 Å². The summed E-state index contributed by atoms with van der Waals surface area (Å²) in [5.74, 6) is -5.01. The van der Waals surface area contributed by atoms with Crippen molar-refractivity contribution in [2.75, 3.05) is 34.9 Å². The molecule has 0 aliphatic carbocycles. The van der Waals surface area contributed by atoms with Gasteiger partial charge >= 0.3 is 5.97 Å². The Bertz CT molecular complexity index is 1610. The third-order valence-electron chi connectivity index (χ3n) is 13.8. The number of allylic oxidation sites excluding steroid dienone is 3. The van der Waals surface area contributed by atoms with Gasteiger partial charge in [-0.3, -0.25) is 9.59 Å². The highest BCUT2D eigenvalue weighted by molar-refractivity contribution is 5.91. The third-order valence-corrected chi connectivity index (χ3v) is 13.8. The summed E-state index contributed by atoms with van der Waals surface area (Å²) in [7, 11) is 6.44. The van der Waals surface area contributed by atoms with Crippen molar-refractivity contribution in [1.29, 1.82) is 0 Å². The largest absolute Gasteiger partial charge is 0.462 e. The molecule has 8 unspecified atom stereocenters. The van der Waals surface area contributed by atoms with Gasteiger partial charge in [0.1, 0.15) is 49.0 Å². The SMILES string of the molecule is CC[C@H]1OC(=O)C[C@@H](O)[C@H](C)[C@@H](O[C@@H]2O[C@H](C)C(O[C@H]3CC(C)(O)C(O)[C@@H](C)O3)C(N(C)C)C2O)[C@@H](CC=O)C[C@@H](C)C(=O)/C=C/C(C)=C/[C@@H]1CO[C@]1(C)OC(C)C(O)C(OC)[C@@H]1OC. The van der Waals surface area contributed by atoms with Gasteiger partial charge in [0.05, 0.1) is 55.2 Å². The van der Waals surface area contributed by atoms with E-state index in [4.69, 9.17) is 42.6 Å². The van der Waals surface area contributed by atoms with E-state index >= 15 is 0 Å². The van der Waals surface area contributed by atoms with E-state index in [0.29, 0.717) is 12.0 Å². The molecule has 0 aromatic carbocycles. The van der Waals surface area contributed by atoms with Crippen LogP contribution < -0.4 is 0 Å². The number of ketones is 1. The first kappa shape index (κ1) is 55.3. The van der Waals surface area contributed by atoms with E-state index in [1.165, 1.54) is 27.2 Å². The van der Waals surface area contributed by atoms with Gasteiger partial charge in [0.15, 0.2) is 24.2 Å². The standard InChI is InChI=1S/C47H79NO17/c1-14-34-31(23-59-47(9)44(58-13)42(57-12)38(53)27(5)65-47)19-24(2)15-16-32(50)25(3)20-30(17-18-49)40(26(4)33(51)21-35(52)62-34)64-45-39(54)37(48(10)11)41(28(6)61-45)63-36-22-46(8,56)43(55)29(7)60-36/h15-16,18-19,25-31,33-34,36-45,51,53-56H,14,17,20-23H2,1-13H3/b16-15+,24-19+/t25-,26+,27?,28-,29-,30+,31-,33-,34-,36+,37?,38?,39?,40-,41?,42?,43?,44+,45+,46?,47-/m1/s1. The molecule has 65 heavy (non-hydrogen) atoms. The second-order valence-electron chi connectivity index (χ2n) is 19.3. The van der Waals surface area contributed by atoms with Crippen LogP contribution in [0.5, 0.6) is 0 Å². The summed E-state index contributed by atoms with van der Waals surface area (Å²) in [6.07, 6.45) is -7.74. The van der Waals surface area contributed by atoms with Gasteiger partial charge < -0.3 is 77.9 Å². The number of nitrogens with zero attached hydrogens (tertiary/aromatic N) is 1. The maximum absolute atomic E-state index is 13.8. The van der Waals surface area contributed by atoms with E-state index in [9.17, 15) is 39.9 Å². The van der Waals surface area contributed by atoms with Crippen molar-refractivity contribution >= 4 is 18.0 Å². The Morgan fingerprint density at radius 3 is 2.15 bits per heavy atom. The van der Waals surface area contributed by atoms with Crippen molar-refractivity contribution in [3.05, 3.63) is 23.8 Å². The van der Waals surface area contributed by atoms with Crippen LogP contribution in [0.4, 0.5) is 0 Å². The molecule has 5 N–H and O–H groups in total. The minimum Gasteiger partial charge on any atom is -0.462 e. The van der Waals surface area contributed by atoms with E-state index in [1.54, 1.807) is 66.6 Å². The molecule has 4 rings (SSSR count). The Kier molecular flexibility index (Phi) is 20.3. The number of esters is 1. The van der Waals surface area contributed by atoms with Gasteiger partial charge in [-0.05, 0) is 80.5 Å². The number of hydrogen-bond donors (Lipinski definition) is 5. The zero-order chi connectivity index (χ0) is 48.7. The topological polar surface area (TPSA) is 239 Å². The van der Waals surface area contributed by atoms with Crippen LogP contribution in [-0.4, -0.2) is 187 Å². The van der Waals surface area contributed by atoms with Crippen molar-refractivity contribution in [2.24, 2.45) is 23.7 Å². The van der Waals surface area contributed by atoms with Crippen LogP contribution in [0, 0.1) is 23.7 Å². The Hall–Kier alpha value is -2.27. The Morgan fingerprint density at radius 2 is 1.57 bits per heavy atom. The summed E-state index contributed by atoms with van der Waals surface area (Å²) >= 11 is 0. The molecule has 4 aliphatic rings. The molecule has 0 amide bonds. The fourth-order valence-corrected chi connectivity index (χ4v) is 9.90. The number of aliphatic hydroxyl groups excluding tert-OH is 4. The Balaban J connectivity index is 1.63. The molecule has 0 aromatic heterocycles. The van der Waals surface area contributed by atoms with Crippen LogP contribution in [0.25, 0.3) is 0 Å². The minimum absolute atomic E-state index is 0.0299. The van der Waals surface area contributed by atoms with Gasteiger partial charge in [0.25, 0.3) is 0 Å². The highest BCUT2D eigenvalue weighted by Crippen LogP contribution is 2.38. The molecule has 18 nitrogen and oxygen atoms in total. The molecule has 0 bridgehead atoms. The van der Waals surface area contributed by atoms with Gasteiger partial charge in [-0.25, -0.2) is 0 Å². The quantitative estimate of drug-likeness (QED) is 0.131. The molecule has 4 heterocycles. The van der Waals surface area contributed by atoms with Gasteiger partial charge in [0.2, 0.25) is 0 Å². The number of aldehydes is 1. The highest BCUT2D eigenvalue weighted by Gasteiger charge is 2.54. The fourth-order valence-electron chi connectivity index (χ4n) is 9.90. The predicted molar refractivity (Wildman–Crippen MR) is 235 cm³/mol. The zero-order valence-electron chi connectivity index (χ0n) is 40.6. The van der Waals surface area contributed by atoms with Crippen LogP contribution in [-0.2, 0) is 57.0 Å². The molecular formula is C47H79NO17. The van der Waals surface area contributed by atoms with Crippen molar-refractivity contribution in [3.8, 4) is 0 Å². The molecule has 0 aromatic rings. The normalized spacial score (nSPS) is 46.6. The van der Waals surface area contributed by atoms with Crippen LogP contribution in [0.15, 0.2) is 23.8 Å². The number of methoxy groups -OCH3 is 2. The molecule has 3 saturated heterocycles. The smallest absolute Gasteiger partial charge is 0.308 e. The summed E-state index contributed by atoms with van der Waals surface area (Å²) < 4.78 is 55.3. The molecule has 0 radical (unpaired) electrons. The molecule has 18 heteroatoms. The van der Waals surface area contributed by atoms with Gasteiger partial charge in [0, 0.05) is 44.8 Å². The number of ether oxygens (including phenoxy) is 9. The minimum atomic E-state index is -1.49. The van der Waals surface area contributed by atoms with E-state index in [2.05, 4.69) is 0 Å². The number of aliphatic hydroxyl groups is 5. The van der Waals surface area contributed by atoms with Gasteiger partial charge in [-0.1, -0.05) is 38.5 Å². The van der Waals surface area contributed by atoms with Crippen molar-refractivity contribution in [1.82, 2.24) is 4.90 Å². The number of hydrogen-bond acceptors (Lipinski definition) is 18. The van der Waals surface area contributed by atoms with Crippen LogP contribution in [0.1, 0.15) is 94.4 Å². The Morgan fingerprint density at radius 1 is 0.892 bits per heavy atom. The molecule has 0 saturated carbocycles. The van der Waals surface area contributed by atoms with Crippen molar-refractivity contribution < 1.29 is 82.5 Å². The van der Waals surface area contributed by atoms with Gasteiger partial charge in [-0.2, -0.15) is 0 Å². The number of likely N-dealkylation sites (N-methyl/N-ethyl adjacent to an activating group) is 1. The van der Waals surface area contributed by atoms with Crippen molar-refractivity contribution in [3.63, 3.8) is 0 Å².